The highest BCUT2D eigenvalue weighted by molar-refractivity contribution is 5.99. The molecule has 0 bridgehead atoms. The van der Waals surface area contributed by atoms with E-state index in [-0.39, 0.29) is 18.7 Å². The summed E-state index contributed by atoms with van der Waals surface area (Å²) in [5.41, 5.74) is 2.43. The Morgan fingerprint density at radius 3 is 2.19 bits per heavy atom. The average molecular weight is 371 g/mol. The molecule has 144 valence electrons. The van der Waals surface area contributed by atoms with Gasteiger partial charge in [-0.25, -0.2) is 0 Å². The Hall–Kier alpha value is -2.70. The Bertz CT molecular complexity index is 740. The van der Waals surface area contributed by atoms with Gasteiger partial charge in [0.2, 0.25) is 5.91 Å². The molecule has 0 spiro atoms. The first kappa shape index (κ1) is 20.6. The number of rotatable bonds is 10. The molecule has 0 aliphatic heterocycles. The van der Waals surface area contributed by atoms with Crippen LogP contribution >= 0.6 is 0 Å². The fraction of sp³-hybridized carbons (Fsp3) is 0.333. The molecule has 0 radical (unpaired) electrons. The van der Waals surface area contributed by atoms with Crippen LogP contribution < -0.4 is 10.1 Å². The van der Waals surface area contributed by atoms with Crippen LogP contribution in [0.2, 0.25) is 0 Å². The zero-order chi connectivity index (χ0) is 19.6. The number of amides is 1. The summed E-state index contributed by atoms with van der Waals surface area (Å²) >= 11 is 0. The van der Waals surface area contributed by atoms with E-state index in [9.17, 15) is 14.7 Å². The number of ether oxygens (including phenoxy) is 2. The molecule has 1 unspecified atom stereocenters. The zero-order valence-corrected chi connectivity index (χ0v) is 15.6. The standard InChI is InChI=1S/C21H25NO5/c1-3-27-18-10-8-16(9-11-18)15-4-6-17(7-5-15)19(23)14-20(24)21(25)22-12-13-26-2/h4-11,20,24H,3,12-14H2,1-2H3,(H,22,25). The Balaban J connectivity index is 1.95. The summed E-state index contributed by atoms with van der Waals surface area (Å²) < 4.78 is 10.2. The highest BCUT2D eigenvalue weighted by atomic mass is 16.5. The van der Waals surface area contributed by atoms with Gasteiger partial charge in [-0.3, -0.25) is 9.59 Å². The number of ketones is 1. The van der Waals surface area contributed by atoms with Crippen LogP contribution in [-0.2, 0) is 9.53 Å². The van der Waals surface area contributed by atoms with Crippen molar-refractivity contribution < 1.29 is 24.2 Å². The van der Waals surface area contributed by atoms with Crippen molar-refractivity contribution in [3.63, 3.8) is 0 Å². The minimum absolute atomic E-state index is 0.263. The Labute approximate surface area is 159 Å². The molecule has 2 aromatic carbocycles. The van der Waals surface area contributed by atoms with Crippen molar-refractivity contribution in [1.82, 2.24) is 5.32 Å². The minimum Gasteiger partial charge on any atom is -0.494 e. The summed E-state index contributed by atoms with van der Waals surface area (Å²) in [5.74, 6) is -0.0557. The third-order valence-corrected chi connectivity index (χ3v) is 3.99. The molecule has 1 atom stereocenters. The maximum Gasteiger partial charge on any atom is 0.249 e. The number of aliphatic hydroxyl groups is 1. The summed E-state index contributed by atoms with van der Waals surface area (Å²) in [6.07, 6.45) is -1.64. The zero-order valence-electron chi connectivity index (χ0n) is 15.6. The summed E-state index contributed by atoms with van der Waals surface area (Å²) in [6, 6.07) is 14.8. The highest BCUT2D eigenvalue weighted by Crippen LogP contribution is 2.23. The Morgan fingerprint density at radius 1 is 1.04 bits per heavy atom. The molecule has 0 aliphatic rings. The Morgan fingerprint density at radius 2 is 1.63 bits per heavy atom. The normalized spacial score (nSPS) is 11.7. The molecular weight excluding hydrogens is 346 g/mol. The van der Waals surface area contributed by atoms with Crippen molar-refractivity contribution in [2.24, 2.45) is 0 Å². The molecule has 0 fully saturated rings. The number of benzene rings is 2. The van der Waals surface area contributed by atoms with Gasteiger partial charge in [0, 0.05) is 25.6 Å². The number of Topliss-reactive ketones (excluding diaryl/α,β-unsaturated/α-hetero) is 1. The van der Waals surface area contributed by atoms with Crippen LogP contribution in [-0.4, -0.2) is 49.8 Å². The van der Waals surface area contributed by atoms with Crippen LogP contribution in [0.15, 0.2) is 48.5 Å². The predicted octanol–water partition coefficient (Wildman–Crippen LogP) is 2.45. The van der Waals surface area contributed by atoms with E-state index in [4.69, 9.17) is 9.47 Å². The largest absolute Gasteiger partial charge is 0.494 e. The van der Waals surface area contributed by atoms with Crippen molar-refractivity contribution in [3.05, 3.63) is 54.1 Å². The second kappa shape index (κ2) is 10.4. The molecule has 6 nitrogen and oxygen atoms in total. The lowest BCUT2D eigenvalue weighted by atomic mass is 10.00. The number of aliphatic hydroxyl groups excluding tert-OH is 1. The van der Waals surface area contributed by atoms with Crippen LogP contribution in [0.1, 0.15) is 23.7 Å². The lowest BCUT2D eigenvalue weighted by Crippen LogP contribution is -2.37. The monoisotopic (exact) mass is 371 g/mol. The molecule has 0 saturated carbocycles. The van der Waals surface area contributed by atoms with Crippen molar-refractivity contribution in [3.8, 4) is 16.9 Å². The van der Waals surface area contributed by atoms with E-state index in [1.165, 1.54) is 7.11 Å². The fourth-order valence-corrected chi connectivity index (χ4v) is 2.54. The van der Waals surface area contributed by atoms with E-state index >= 15 is 0 Å². The summed E-state index contributed by atoms with van der Waals surface area (Å²) in [5, 5.41) is 12.4. The summed E-state index contributed by atoms with van der Waals surface area (Å²) in [4.78, 5) is 24.0. The average Bonchev–Trinajstić information content (AvgIpc) is 2.69. The molecule has 0 aliphatic carbocycles. The third kappa shape index (κ3) is 6.20. The molecular formula is C21H25NO5. The smallest absolute Gasteiger partial charge is 0.249 e. The summed E-state index contributed by atoms with van der Waals surface area (Å²) in [6.45, 7) is 3.19. The van der Waals surface area contributed by atoms with E-state index < -0.39 is 12.0 Å². The van der Waals surface area contributed by atoms with Gasteiger partial charge in [-0.05, 0) is 30.2 Å². The maximum atomic E-state index is 12.3. The summed E-state index contributed by atoms with van der Waals surface area (Å²) in [7, 11) is 1.52. The number of methoxy groups -OCH3 is 1. The lowest BCUT2D eigenvalue weighted by molar-refractivity contribution is -0.129. The Kier molecular flexibility index (Phi) is 7.98. The van der Waals surface area contributed by atoms with Crippen molar-refractivity contribution in [2.45, 2.75) is 19.4 Å². The predicted molar refractivity (Wildman–Crippen MR) is 103 cm³/mol. The maximum absolute atomic E-state index is 12.3. The third-order valence-electron chi connectivity index (χ3n) is 3.99. The van der Waals surface area contributed by atoms with Gasteiger partial charge in [0.1, 0.15) is 11.9 Å². The molecule has 0 heterocycles. The van der Waals surface area contributed by atoms with Gasteiger partial charge in [0.25, 0.3) is 0 Å². The molecule has 0 saturated heterocycles. The first-order chi connectivity index (χ1) is 13.0. The van der Waals surface area contributed by atoms with Gasteiger partial charge in [-0.15, -0.1) is 0 Å². The fourth-order valence-electron chi connectivity index (χ4n) is 2.54. The van der Waals surface area contributed by atoms with E-state index in [0.717, 1.165) is 16.9 Å². The van der Waals surface area contributed by atoms with Gasteiger partial charge in [0.05, 0.1) is 13.2 Å². The second-order valence-corrected chi connectivity index (χ2v) is 5.96. The van der Waals surface area contributed by atoms with Crippen LogP contribution in [0, 0.1) is 0 Å². The van der Waals surface area contributed by atoms with E-state index in [1.54, 1.807) is 12.1 Å². The molecule has 2 rings (SSSR count). The number of nitrogens with one attached hydrogen (secondary N) is 1. The second-order valence-electron chi connectivity index (χ2n) is 5.96. The number of hydrogen-bond donors (Lipinski definition) is 2. The van der Waals surface area contributed by atoms with Crippen molar-refractivity contribution >= 4 is 11.7 Å². The molecule has 1 amide bonds. The minimum atomic E-state index is -1.37. The SMILES string of the molecule is CCOc1ccc(-c2ccc(C(=O)CC(O)C(=O)NCCOC)cc2)cc1. The van der Waals surface area contributed by atoms with Crippen LogP contribution in [0.25, 0.3) is 11.1 Å². The van der Waals surface area contributed by atoms with Crippen molar-refractivity contribution in [1.29, 1.82) is 0 Å². The molecule has 0 aromatic heterocycles. The van der Waals surface area contributed by atoms with Crippen LogP contribution in [0.5, 0.6) is 5.75 Å². The number of carbonyl (C=O) groups is 2. The highest BCUT2D eigenvalue weighted by Gasteiger charge is 2.19. The molecule has 6 heteroatoms. The van der Waals surface area contributed by atoms with E-state index in [1.807, 2.05) is 43.3 Å². The molecule has 2 aromatic rings. The topological polar surface area (TPSA) is 84.9 Å². The van der Waals surface area contributed by atoms with Gasteiger partial charge >= 0.3 is 0 Å². The lowest BCUT2D eigenvalue weighted by Gasteiger charge is -2.11. The molecule has 27 heavy (non-hydrogen) atoms. The number of carbonyl (C=O) groups excluding carboxylic acids is 2. The van der Waals surface area contributed by atoms with Crippen molar-refractivity contribution in [2.75, 3.05) is 26.9 Å². The quantitative estimate of drug-likeness (QED) is 0.495. The first-order valence-electron chi connectivity index (χ1n) is 8.86. The van der Waals surface area contributed by atoms with Crippen LogP contribution in [0.3, 0.4) is 0 Å². The van der Waals surface area contributed by atoms with Crippen LogP contribution in [0.4, 0.5) is 0 Å². The first-order valence-corrected chi connectivity index (χ1v) is 8.86. The van der Waals surface area contributed by atoms with Gasteiger partial charge in [-0.2, -0.15) is 0 Å². The van der Waals surface area contributed by atoms with E-state index in [2.05, 4.69) is 5.32 Å². The van der Waals surface area contributed by atoms with E-state index in [0.29, 0.717) is 18.8 Å². The van der Waals surface area contributed by atoms with Gasteiger partial charge < -0.3 is 19.9 Å². The number of hydrogen-bond acceptors (Lipinski definition) is 5. The van der Waals surface area contributed by atoms with Gasteiger partial charge in [0.15, 0.2) is 5.78 Å². The molecule has 2 N–H and O–H groups in total. The van der Waals surface area contributed by atoms with Gasteiger partial charge in [-0.1, -0.05) is 36.4 Å².